The third-order valence-electron chi connectivity index (χ3n) is 2.41. The maximum absolute atomic E-state index is 5.81. The summed E-state index contributed by atoms with van der Waals surface area (Å²) in [4.78, 5) is 0. The van der Waals surface area contributed by atoms with Crippen molar-refractivity contribution < 1.29 is 14.2 Å². The SMILES string of the molecule is CCOc1cc(OC)c(C[C@H](C)N)cc1OC. The van der Waals surface area contributed by atoms with Crippen molar-refractivity contribution in [3.63, 3.8) is 0 Å². The van der Waals surface area contributed by atoms with E-state index in [9.17, 15) is 0 Å². The Balaban J connectivity index is 3.12. The highest BCUT2D eigenvalue weighted by atomic mass is 16.5. The lowest BCUT2D eigenvalue weighted by Crippen LogP contribution is -2.18. The van der Waals surface area contributed by atoms with Crippen molar-refractivity contribution >= 4 is 0 Å². The molecule has 1 aromatic carbocycles. The number of hydrogen-bond donors (Lipinski definition) is 1. The van der Waals surface area contributed by atoms with E-state index in [4.69, 9.17) is 19.9 Å². The van der Waals surface area contributed by atoms with Crippen LogP contribution in [0.3, 0.4) is 0 Å². The highest BCUT2D eigenvalue weighted by Gasteiger charge is 2.13. The van der Waals surface area contributed by atoms with Gasteiger partial charge in [0.2, 0.25) is 0 Å². The molecule has 4 heteroatoms. The van der Waals surface area contributed by atoms with Crippen LogP contribution in [-0.4, -0.2) is 26.9 Å². The Morgan fingerprint density at radius 3 is 2.24 bits per heavy atom. The van der Waals surface area contributed by atoms with Crippen LogP contribution in [0.1, 0.15) is 19.4 Å². The van der Waals surface area contributed by atoms with E-state index in [-0.39, 0.29) is 6.04 Å². The molecule has 1 rings (SSSR count). The summed E-state index contributed by atoms with van der Waals surface area (Å²) >= 11 is 0. The molecule has 96 valence electrons. The summed E-state index contributed by atoms with van der Waals surface area (Å²) in [7, 11) is 3.27. The predicted octanol–water partition coefficient (Wildman–Crippen LogP) is 1.99. The first-order valence-electron chi connectivity index (χ1n) is 5.75. The Kier molecular flexibility index (Phi) is 5.10. The molecule has 0 aliphatic rings. The zero-order valence-corrected chi connectivity index (χ0v) is 10.9. The number of ether oxygens (including phenoxy) is 3. The van der Waals surface area contributed by atoms with Crippen LogP contribution in [0.15, 0.2) is 12.1 Å². The van der Waals surface area contributed by atoms with Gasteiger partial charge >= 0.3 is 0 Å². The zero-order chi connectivity index (χ0) is 12.8. The molecule has 0 radical (unpaired) electrons. The molecule has 0 saturated carbocycles. The molecule has 1 aromatic rings. The highest BCUT2D eigenvalue weighted by molar-refractivity contribution is 5.51. The summed E-state index contributed by atoms with van der Waals surface area (Å²) in [5.74, 6) is 2.19. The second-order valence-corrected chi connectivity index (χ2v) is 3.93. The molecule has 0 saturated heterocycles. The van der Waals surface area contributed by atoms with Gasteiger partial charge in [-0.2, -0.15) is 0 Å². The summed E-state index contributed by atoms with van der Waals surface area (Å²) < 4.78 is 16.1. The second-order valence-electron chi connectivity index (χ2n) is 3.93. The van der Waals surface area contributed by atoms with Crippen molar-refractivity contribution in [1.29, 1.82) is 0 Å². The monoisotopic (exact) mass is 239 g/mol. The van der Waals surface area contributed by atoms with Crippen LogP contribution < -0.4 is 19.9 Å². The fourth-order valence-electron chi connectivity index (χ4n) is 1.71. The maximum Gasteiger partial charge on any atom is 0.164 e. The van der Waals surface area contributed by atoms with Crippen molar-refractivity contribution in [1.82, 2.24) is 0 Å². The second kappa shape index (κ2) is 6.35. The molecule has 4 nitrogen and oxygen atoms in total. The average Bonchev–Trinajstić information content (AvgIpc) is 2.30. The Morgan fingerprint density at radius 2 is 1.76 bits per heavy atom. The van der Waals surface area contributed by atoms with Crippen LogP contribution in [-0.2, 0) is 6.42 Å². The van der Waals surface area contributed by atoms with E-state index in [0.717, 1.165) is 17.7 Å². The molecule has 2 N–H and O–H groups in total. The van der Waals surface area contributed by atoms with Crippen molar-refractivity contribution in [3.8, 4) is 17.2 Å². The van der Waals surface area contributed by atoms with Crippen LogP contribution in [0, 0.1) is 0 Å². The molecule has 0 spiro atoms. The maximum atomic E-state index is 5.81. The fourth-order valence-corrected chi connectivity index (χ4v) is 1.71. The lowest BCUT2D eigenvalue weighted by atomic mass is 10.1. The molecular formula is C13H21NO3. The number of rotatable bonds is 6. The van der Waals surface area contributed by atoms with E-state index >= 15 is 0 Å². The minimum Gasteiger partial charge on any atom is -0.496 e. The van der Waals surface area contributed by atoms with Crippen molar-refractivity contribution in [2.24, 2.45) is 5.73 Å². The van der Waals surface area contributed by atoms with Gasteiger partial charge in [-0.25, -0.2) is 0 Å². The Hall–Kier alpha value is -1.42. The van der Waals surface area contributed by atoms with E-state index in [1.807, 2.05) is 26.0 Å². The van der Waals surface area contributed by atoms with Crippen LogP contribution >= 0.6 is 0 Å². The average molecular weight is 239 g/mol. The lowest BCUT2D eigenvalue weighted by Gasteiger charge is -2.16. The van der Waals surface area contributed by atoms with Gasteiger partial charge < -0.3 is 19.9 Å². The van der Waals surface area contributed by atoms with Crippen LogP contribution in [0.25, 0.3) is 0 Å². The summed E-state index contributed by atoms with van der Waals surface area (Å²) in [6, 6.07) is 3.85. The molecule has 0 amide bonds. The van der Waals surface area contributed by atoms with Gasteiger partial charge in [0, 0.05) is 12.1 Å². The normalized spacial score (nSPS) is 12.1. The standard InChI is InChI=1S/C13H21NO3/c1-5-17-13-8-11(15-3)10(6-9(2)14)7-12(13)16-4/h7-9H,5-6,14H2,1-4H3/t9-/m0/s1. The first kappa shape index (κ1) is 13.6. The van der Waals surface area contributed by atoms with Crippen molar-refractivity contribution in [3.05, 3.63) is 17.7 Å². The summed E-state index contributed by atoms with van der Waals surface area (Å²) in [6.45, 7) is 4.48. The smallest absolute Gasteiger partial charge is 0.164 e. The first-order chi connectivity index (χ1) is 8.12. The van der Waals surface area contributed by atoms with Gasteiger partial charge in [-0.3, -0.25) is 0 Å². The van der Waals surface area contributed by atoms with Gasteiger partial charge in [0.1, 0.15) is 5.75 Å². The molecule has 0 aliphatic carbocycles. The van der Waals surface area contributed by atoms with E-state index in [0.29, 0.717) is 18.1 Å². The predicted molar refractivity (Wildman–Crippen MR) is 68.1 cm³/mol. The van der Waals surface area contributed by atoms with E-state index in [2.05, 4.69) is 0 Å². The first-order valence-corrected chi connectivity index (χ1v) is 5.75. The molecule has 0 aliphatic heterocycles. The number of hydrogen-bond acceptors (Lipinski definition) is 4. The molecule has 0 heterocycles. The number of methoxy groups -OCH3 is 2. The Labute approximate surface area is 103 Å². The number of nitrogens with two attached hydrogens (primary N) is 1. The lowest BCUT2D eigenvalue weighted by molar-refractivity contribution is 0.307. The van der Waals surface area contributed by atoms with E-state index in [1.165, 1.54) is 0 Å². The summed E-state index contributed by atoms with van der Waals surface area (Å²) in [5.41, 5.74) is 6.84. The number of benzene rings is 1. The van der Waals surface area contributed by atoms with Crippen LogP contribution in [0.2, 0.25) is 0 Å². The van der Waals surface area contributed by atoms with Gasteiger partial charge in [-0.15, -0.1) is 0 Å². The van der Waals surface area contributed by atoms with E-state index in [1.54, 1.807) is 14.2 Å². The van der Waals surface area contributed by atoms with Crippen molar-refractivity contribution in [2.45, 2.75) is 26.3 Å². The molecule has 0 fully saturated rings. The largest absolute Gasteiger partial charge is 0.496 e. The molecular weight excluding hydrogens is 218 g/mol. The Morgan fingerprint density at radius 1 is 1.12 bits per heavy atom. The van der Waals surface area contributed by atoms with Crippen molar-refractivity contribution in [2.75, 3.05) is 20.8 Å². The van der Waals surface area contributed by atoms with E-state index < -0.39 is 0 Å². The molecule has 0 aromatic heterocycles. The zero-order valence-electron chi connectivity index (χ0n) is 10.9. The van der Waals surface area contributed by atoms with Gasteiger partial charge in [-0.1, -0.05) is 0 Å². The summed E-state index contributed by atoms with van der Waals surface area (Å²) in [5, 5.41) is 0. The van der Waals surface area contributed by atoms with Gasteiger partial charge in [-0.05, 0) is 31.9 Å². The highest BCUT2D eigenvalue weighted by Crippen LogP contribution is 2.35. The fraction of sp³-hybridized carbons (Fsp3) is 0.538. The molecule has 1 atom stereocenters. The molecule has 0 unspecified atom stereocenters. The quantitative estimate of drug-likeness (QED) is 0.825. The van der Waals surface area contributed by atoms with Gasteiger partial charge in [0.25, 0.3) is 0 Å². The van der Waals surface area contributed by atoms with Crippen LogP contribution in [0.4, 0.5) is 0 Å². The minimum absolute atomic E-state index is 0.0755. The van der Waals surface area contributed by atoms with Crippen LogP contribution in [0.5, 0.6) is 17.2 Å². The van der Waals surface area contributed by atoms with Gasteiger partial charge in [0.05, 0.1) is 20.8 Å². The third kappa shape index (κ3) is 3.53. The minimum atomic E-state index is 0.0755. The molecule has 17 heavy (non-hydrogen) atoms. The molecule has 0 bridgehead atoms. The summed E-state index contributed by atoms with van der Waals surface area (Å²) in [6.07, 6.45) is 0.742. The topological polar surface area (TPSA) is 53.7 Å². The third-order valence-corrected chi connectivity index (χ3v) is 2.41. The van der Waals surface area contributed by atoms with Gasteiger partial charge in [0.15, 0.2) is 11.5 Å². The Bertz CT molecular complexity index is 364.